The van der Waals surface area contributed by atoms with Gasteiger partial charge in [-0.2, -0.15) is 0 Å². The van der Waals surface area contributed by atoms with Crippen LogP contribution in [0.15, 0.2) is 303 Å². The Morgan fingerprint density at radius 2 is 0.435 bits per heavy atom. The van der Waals surface area contributed by atoms with Crippen LogP contribution in [-0.4, -0.2) is 0 Å². The van der Waals surface area contributed by atoms with Crippen molar-refractivity contribution in [2.75, 3.05) is 0 Å². The molecule has 0 amide bonds. The molecule has 0 bridgehead atoms. The van der Waals surface area contributed by atoms with Gasteiger partial charge in [-0.1, -0.05) is 360 Å². The molecule has 2 nitrogen and oxygen atoms in total. The first kappa shape index (κ1) is 62.8. The van der Waals surface area contributed by atoms with Crippen molar-refractivity contribution in [3.05, 3.63) is 337 Å². The summed E-state index contributed by atoms with van der Waals surface area (Å²) in [6, 6.07) is 111. The number of hydrogen-bond donors (Lipinski definition) is 0. The summed E-state index contributed by atoms with van der Waals surface area (Å²) in [7, 11) is -3.47. The normalized spacial score (nSPS) is 13.6. The summed E-state index contributed by atoms with van der Waals surface area (Å²) in [5.41, 5.74) is 7.10. The Balaban J connectivity index is 0.000000170. The Labute approximate surface area is 551 Å². The van der Waals surface area contributed by atoms with E-state index >= 15 is 0 Å². The Morgan fingerprint density at radius 1 is 0.228 bits per heavy atom. The Bertz CT molecular complexity index is 4060. The highest BCUT2D eigenvalue weighted by Gasteiger charge is 2.43. The summed E-state index contributed by atoms with van der Waals surface area (Å²) >= 11 is 0. The van der Waals surface area contributed by atoms with Crippen LogP contribution in [0.5, 0.6) is 23.0 Å². The lowest BCUT2D eigenvalue weighted by Gasteiger charge is -2.41. The smallest absolute Gasteiger partial charge is 0.139 e. The number of ether oxygens (including phenoxy) is 2. The zero-order chi connectivity index (χ0) is 63.8. The van der Waals surface area contributed by atoms with E-state index < -0.39 is 31.7 Å². The second-order valence-electron chi connectivity index (χ2n) is 27.0. The molecule has 0 aromatic heterocycles. The monoisotopic (exact) mass is 1270 g/mol. The van der Waals surface area contributed by atoms with Gasteiger partial charge in [-0.05, 0) is 108 Å². The van der Waals surface area contributed by atoms with Gasteiger partial charge < -0.3 is 9.47 Å². The molecule has 2 heterocycles. The fourth-order valence-electron chi connectivity index (χ4n) is 13.0. The topological polar surface area (TPSA) is 18.5 Å². The number of rotatable bonds is 12. The summed E-state index contributed by atoms with van der Waals surface area (Å²) in [4.78, 5) is 0. The van der Waals surface area contributed by atoms with E-state index in [1.165, 1.54) is 97.0 Å². The third-order valence-corrected chi connectivity index (χ3v) is 27.9. The van der Waals surface area contributed by atoms with E-state index in [1.54, 1.807) is 0 Å². The van der Waals surface area contributed by atoms with Gasteiger partial charge in [0.25, 0.3) is 0 Å². The fourth-order valence-corrected chi connectivity index (χ4v) is 22.7. The molecule has 0 atom stereocenters. The predicted molar refractivity (Wildman–Crippen MR) is 402 cm³/mol. The van der Waals surface area contributed by atoms with E-state index in [1.807, 2.05) is 0 Å². The Kier molecular flexibility index (Phi) is 17.8. The zero-order valence-corrected chi connectivity index (χ0v) is 58.1. The SMILES string of the molecule is CC(C)(C)c1cc(P(c2ccccc2)c2ccccc2)c2c(c1)C(C)(C)c1cc(C(C)(C)C)cc(P(c3ccccc3)c3ccccc3)c1O2.CC1(C)c2cccc(P(c3ccccc3)c3ccccc3)c2Oc2c(P(c3ccccc3)c3ccccc3)cccc21. The molecule has 0 saturated carbocycles. The molecule has 14 rings (SSSR count). The van der Waals surface area contributed by atoms with Crippen molar-refractivity contribution in [2.45, 2.75) is 90.9 Å². The maximum atomic E-state index is 7.59. The molecular formula is C86H80O2P4. The molecule has 0 aliphatic carbocycles. The fraction of sp³-hybridized carbons (Fsp3) is 0.163. The van der Waals surface area contributed by atoms with E-state index in [0.717, 1.165) is 23.0 Å². The summed E-state index contributed by atoms with van der Waals surface area (Å²) in [6.07, 6.45) is 0. The van der Waals surface area contributed by atoms with E-state index in [9.17, 15) is 0 Å². The van der Waals surface area contributed by atoms with Gasteiger partial charge in [0.1, 0.15) is 23.0 Å². The highest BCUT2D eigenvalue weighted by atomic mass is 31.1. The molecule has 6 heteroatoms. The van der Waals surface area contributed by atoms with Crippen molar-refractivity contribution in [3.8, 4) is 23.0 Å². The number of hydrogen-bond acceptors (Lipinski definition) is 2. The van der Waals surface area contributed by atoms with Gasteiger partial charge in [-0.15, -0.1) is 0 Å². The van der Waals surface area contributed by atoms with Crippen molar-refractivity contribution in [1.29, 1.82) is 0 Å². The molecule has 456 valence electrons. The van der Waals surface area contributed by atoms with Crippen molar-refractivity contribution >= 4 is 95.3 Å². The van der Waals surface area contributed by atoms with E-state index in [0.29, 0.717) is 0 Å². The average molecular weight is 1270 g/mol. The Hall–Kier alpha value is -8.04. The van der Waals surface area contributed by atoms with Crippen molar-refractivity contribution < 1.29 is 9.47 Å². The number of para-hydroxylation sites is 2. The third kappa shape index (κ3) is 12.4. The highest BCUT2D eigenvalue weighted by molar-refractivity contribution is 7.81. The van der Waals surface area contributed by atoms with Gasteiger partial charge in [-0.25, -0.2) is 0 Å². The maximum absolute atomic E-state index is 7.59. The van der Waals surface area contributed by atoms with Crippen molar-refractivity contribution in [3.63, 3.8) is 0 Å². The van der Waals surface area contributed by atoms with Crippen LogP contribution in [0, 0.1) is 0 Å². The van der Waals surface area contributed by atoms with Crippen LogP contribution in [0.2, 0.25) is 0 Å². The Morgan fingerprint density at radius 3 is 0.663 bits per heavy atom. The molecule has 12 aromatic carbocycles. The molecule has 0 unspecified atom stereocenters. The maximum Gasteiger partial charge on any atom is 0.139 e. The predicted octanol–water partition coefficient (Wildman–Crippen LogP) is 17.9. The minimum Gasteiger partial charge on any atom is -0.455 e. The molecule has 0 N–H and O–H groups in total. The van der Waals surface area contributed by atoms with Crippen LogP contribution in [0.1, 0.15) is 103 Å². The van der Waals surface area contributed by atoms with E-state index in [4.69, 9.17) is 9.47 Å². The van der Waals surface area contributed by atoms with Gasteiger partial charge in [-0.3, -0.25) is 0 Å². The number of fused-ring (bicyclic) bond motifs is 4. The first-order valence-electron chi connectivity index (χ1n) is 32.1. The van der Waals surface area contributed by atoms with Crippen molar-refractivity contribution in [1.82, 2.24) is 0 Å². The number of benzene rings is 12. The van der Waals surface area contributed by atoms with Crippen LogP contribution in [0.4, 0.5) is 0 Å². The molecule has 0 saturated heterocycles. The molecule has 2 aliphatic rings. The molecule has 0 spiro atoms. The lowest BCUT2D eigenvalue weighted by atomic mass is 9.72. The van der Waals surface area contributed by atoms with Crippen LogP contribution in [0.25, 0.3) is 0 Å². The first-order chi connectivity index (χ1) is 44.5. The van der Waals surface area contributed by atoms with Gasteiger partial charge >= 0.3 is 0 Å². The minimum atomic E-state index is -0.912. The van der Waals surface area contributed by atoms with Gasteiger partial charge in [0.15, 0.2) is 0 Å². The second kappa shape index (κ2) is 26.2. The van der Waals surface area contributed by atoms with Gasteiger partial charge in [0.05, 0.1) is 0 Å². The standard InChI is InChI=1S/C47H48OP2.C39H32OP2/c1-45(2,3)33-29-39-43(41(31-33)49(35-21-13-9-14-22-35)36-23-15-10-16-24-36)48-44-40(47(39,7)8)30-34(46(4,5)6)32-42(44)50(37-25-17-11-18-26-37)38-27-19-12-20-28-38;1-39(2)33-25-15-27-35(41(29-17-7-3-8-18-29)30-19-9-4-10-20-30)37(33)40-38-34(39)26-16-28-36(38)42(31-21-11-5-12-22-31)32-23-13-6-14-24-32/h9-32H,1-8H3;3-28H,1-2H3. The van der Waals surface area contributed by atoms with E-state index in [-0.39, 0.29) is 21.7 Å². The lowest BCUT2D eigenvalue weighted by molar-refractivity contribution is 0.421. The first-order valence-corrected chi connectivity index (χ1v) is 37.4. The minimum absolute atomic E-state index is 0.0398. The highest BCUT2D eigenvalue weighted by Crippen LogP contribution is 2.56. The molecule has 0 fully saturated rings. The molecule has 92 heavy (non-hydrogen) atoms. The van der Waals surface area contributed by atoms with E-state index in [2.05, 4.69) is 373 Å². The van der Waals surface area contributed by atoms with Gasteiger partial charge in [0, 0.05) is 54.3 Å². The average Bonchev–Trinajstić information content (AvgIpc) is 0.760. The largest absolute Gasteiger partial charge is 0.455 e. The second-order valence-corrected chi connectivity index (χ2v) is 35.8. The van der Waals surface area contributed by atoms with Crippen LogP contribution in [0.3, 0.4) is 0 Å². The summed E-state index contributed by atoms with van der Waals surface area (Å²) in [5, 5.41) is 15.7. The molecule has 12 aromatic rings. The molecular weight excluding hydrogens is 1190 g/mol. The summed E-state index contributed by atoms with van der Waals surface area (Å²) < 4.78 is 14.8. The summed E-state index contributed by atoms with van der Waals surface area (Å²) in [5.74, 6) is 4.07. The van der Waals surface area contributed by atoms with Crippen molar-refractivity contribution in [2.24, 2.45) is 0 Å². The zero-order valence-electron chi connectivity index (χ0n) is 54.5. The van der Waals surface area contributed by atoms with Crippen LogP contribution >= 0.6 is 31.7 Å². The lowest BCUT2D eigenvalue weighted by Crippen LogP contribution is -2.35. The van der Waals surface area contributed by atoms with Crippen LogP contribution in [-0.2, 0) is 21.7 Å². The van der Waals surface area contributed by atoms with Crippen LogP contribution < -0.4 is 73.1 Å². The summed E-state index contributed by atoms with van der Waals surface area (Å²) in [6.45, 7) is 23.5. The quantitative estimate of drug-likeness (QED) is 0.114. The van der Waals surface area contributed by atoms with Gasteiger partial charge in [0.2, 0.25) is 0 Å². The molecule has 0 radical (unpaired) electrons. The third-order valence-electron chi connectivity index (χ3n) is 18.0. The molecule has 2 aliphatic heterocycles.